The molecule has 0 aliphatic heterocycles. The minimum atomic E-state index is 0.142. The number of aryl methyl sites for hydroxylation is 1. The zero-order valence-corrected chi connectivity index (χ0v) is 17.6. The average molecular weight is 390 g/mol. The highest BCUT2D eigenvalue weighted by Crippen LogP contribution is 2.23. The van der Waals surface area contributed by atoms with Gasteiger partial charge in [0.25, 0.3) is 5.91 Å². The first kappa shape index (κ1) is 19.7. The van der Waals surface area contributed by atoms with E-state index in [2.05, 4.69) is 41.8 Å². The number of rotatable bonds is 6. The molecule has 1 aliphatic carbocycles. The van der Waals surface area contributed by atoms with Crippen LogP contribution in [0.4, 0.5) is 0 Å². The molecular formula is C25H31N3O. The van der Waals surface area contributed by atoms with Gasteiger partial charge in [0.1, 0.15) is 5.82 Å². The Labute approximate surface area is 173 Å². The summed E-state index contributed by atoms with van der Waals surface area (Å²) in [7, 11) is 1.96. The first-order valence-electron chi connectivity index (χ1n) is 11.0. The Hall–Kier alpha value is -2.62. The minimum Gasteiger partial charge on any atom is -0.339 e. The number of imidazole rings is 1. The molecule has 1 aromatic heterocycles. The Morgan fingerprint density at radius 3 is 2.52 bits per heavy atom. The summed E-state index contributed by atoms with van der Waals surface area (Å²) in [4.78, 5) is 19.7. The fourth-order valence-corrected chi connectivity index (χ4v) is 4.49. The van der Waals surface area contributed by atoms with Crippen LogP contribution in [0.1, 0.15) is 67.2 Å². The summed E-state index contributed by atoms with van der Waals surface area (Å²) in [5, 5.41) is 0. The molecule has 0 unspecified atom stereocenters. The predicted molar refractivity (Wildman–Crippen MR) is 118 cm³/mol. The second-order valence-electron chi connectivity index (χ2n) is 8.26. The molecule has 1 heterocycles. The fraction of sp³-hybridized carbons (Fsp3) is 0.440. The lowest BCUT2D eigenvalue weighted by atomic mass is 9.94. The van der Waals surface area contributed by atoms with Gasteiger partial charge in [-0.1, -0.05) is 50.5 Å². The van der Waals surface area contributed by atoms with Crippen molar-refractivity contribution in [1.82, 2.24) is 14.5 Å². The van der Waals surface area contributed by atoms with Crippen molar-refractivity contribution in [1.29, 1.82) is 0 Å². The van der Waals surface area contributed by atoms with E-state index in [-0.39, 0.29) is 5.91 Å². The highest BCUT2D eigenvalue weighted by atomic mass is 16.2. The van der Waals surface area contributed by atoms with Crippen LogP contribution in [0.15, 0.2) is 48.5 Å². The first-order chi connectivity index (χ1) is 14.2. The van der Waals surface area contributed by atoms with Gasteiger partial charge in [0.05, 0.1) is 11.0 Å². The maximum Gasteiger partial charge on any atom is 0.253 e. The minimum absolute atomic E-state index is 0.142. The summed E-state index contributed by atoms with van der Waals surface area (Å²) in [5.74, 6) is 1.27. The largest absolute Gasteiger partial charge is 0.339 e. The number of hydrogen-bond donors (Lipinski definition) is 0. The topological polar surface area (TPSA) is 38.1 Å². The van der Waals surface area contributed by atoms with Crippen LogP contribution in [0.3, 0.4) is 0 Å². The van der Waals surface area contributed by atoms with Crippen LogP contribution in [0.5, 0.6) is 0 Å². The average Bonchev–Trinajstić information content (AvgIpc) is 3.11. The van der Waals surface area contributed by atoms with E-state index in [4.69, 9.17) is 4.98 Å². The standard InChI is InChI=1S/C25H31N3O/c1-3-9-24-26-22-12-7-8-13-23(22)28(24)18-19-14-16-20(17-15-19)25(29)27(2)21-10-5-4-6-11-21/h7-8,12-17,21H,3-6,9-11,18H2,1-2H3. The number of carbonyl (C=O) groups is 1. The second kappa shape index (κ2) is 8.81. The molecule has 29 heavy (non-hydrogen) atoms. The van der Waals surface area contributed by atoms with E-state index < -0.39 is 0 Å². The molecule has 0 radical (unpaired) electrons. The summed E-state index contributed by atoms with van der Waals surface area (Å²) in [5.41, 5.74) is 4.21. The Bertz CT molecular complexity index is 967. The first-order valence-corrected chi connectivity index (χ1v) is 11.0. The number of aromatic nitrogens is 2. The maximum atomic E-state index is 12.9. The molecule has 0 atom stereocenters. The van der Waals surface area contributed by atoms with Gasteiger partial charge in [-0.05, 0) is 49.1 Å². The van der Waals surface area contributed by atoms with Crippen LogP contribution in [-0.2, 0) is 13.0 Å². The van der Waals surface area contributed by atoms with Gasteiger partial charge in [-0.25, -0.2) is 4.98 Å². The molecule has 1 aliphatic rings. The van der Waals surface area contributed by atoms with Crippen molar-refractivity contribution in [2.75, 3.05) is 7.05 Å². The molecular weight excluding hydrogens is 358 g/mol. The summed E-state index contributed by atoms with van der Waals surface area (Å²) < 4.78 is 2.31. The Morgan fingerprint density at radius 2 is 1.79 bits per heavy atom. The van der Waals surface area contributed by atoms with Crippen molar-refractivity contribution in [3.8, 4) is 0 Å². The number of carbonyl (C=O) groups excluding carboxylic acids is 1. The van der Waals surface area contributed by atoms with Crippen LogP contribution in [0.25, 0.3) is 11.0 Å². The van der Waals surface area contributed by atoms with Gasteiger partial charge < -0.3 is 9.47 Å². The van der Waals surface area contributed by atoms with Crippen LogP contribution in [0.2, 0.25) is 0 Å². The summed E-state index contributed by atoms with van der Waals surface area (Å²) in [6.45, 7) is 2.97. The van der Waals surface area contributed by atoms with Crippen molar-refractivity contribution in [3.63, 3.8) is 0 Å². The third-order valence-corrected chi connectivity index (χ3v) is 6.19. The molecule has 0 saturated heterocycles. The van der Waals surface area contributed by atoms with Crippen LogP contribution in [0, 0.1) is 0 Å². The molecule has 152 valence electrons. The second-order valence-corrected chi connectivity index (χ2v) is 8.26. The van der Waals surface area contributed by atoms with Crippen molar-refractivity contribution in [2.24, 2.45) is 0 Å². The number of hydrogen-bond acceptors (Lipinski definition) is 2. The molecule has 4 rings (SSSR count). The Balaban J connectivity index is 1.52. The summed E-state index contributed by atoms with van der Waals surface area (Å²) in [6, 6.07) is 16.9. The van der Waals surface area contributed by atoms with Gasteiger partial charge in [-0.2, -0.15) is 0 Å². The van der Waals surface area contributed by atoms with Gasteiger partial charge in [0.15, 0.2) is 0 Å². The number of para-hydroxylation sites is 2. The van der Waals surface area contributed by atoms with Crippen molar-refractivity contribution in [2.45, 2.75) is 64.5 Å². The third-order valence-electron chi connectivity index (χ3n) is 6.19. The van der Waals surface area contributed by atoms with E-state index in [0.717, 1.165) is 49.1 Å². The van der Waals surface area contributed by atoms with Gasteiger partial charge in [-0.15, -0.1) is 0 Å². The third kappa shape index (κ3) is 4.21. The summed E-state index contributed by atoms with van der Waals surface area (Å²) in [6.07, 6.45) is 8.08. The highest BCUT2D eigenvalue weighted by Gasteiger charge is 2.23. The number of amides is 1. The van der Waals surface area contributed by atoms with Crippen molar-refractivity contribution >= 4 is 16.9 Å². The predicted octanol–water partition coefficient (Wildman–Crippen LogP) is 5.44. The molecule has 0 bridgehead atoms. The van der Waals surface area contributed by atoms with Gasteiger partial charge in [0.2, 0.25) is 0 Å². The zero-order valence-electron chi connectivity index (χ0n) is 17.6. The highest BCUT2D eigenvalue weighted by molar-refractivity contribution is 5.94. The number of fused-ring (bicyclic) bond motifs is 1. The normalized spacial score (nSPS) is 15.0. The monoisotopic (exact) mass is 389 g/mol. The van der Waals surface area contributed by atoms with E-state index in [1.807, 2.05) is 30.1 Å². The van der Waals surface area contributed by atoms with E-state index in [0.29, 0.717) is 6.04 Å². The van der Waals surface area contributed by atoms with E-state index >= 15 is 0 Å². The molecule has 4 heteroatoms. The van der Waals surface area contributed by atoms with Gasteiger partial charge in [0, 0.05) is 31.6 Å². The lowest BCUT2D eigenvalue weighted by Crippen LogP contribution is -2.38. The van der Waals surface area contributed by atoms with Crippen LogP contribution >= 0.6 is 0 Å². The molecule has 0 N–H and O–H groups in total. The Morgan fingerprint density at radius 1 is 1.07 bits per heavy atom. The van der Waals surface area contributed by atoms with Crippen LogP contribution < -0.4 is 0 Å². The molecule has 2 aromatic carbocycles. The molecule has 3 aromatic rings. The number of benzene rings is 2. The molecule has 1 amide bonds. The van der Waals surface area contributed by atoms with Gasteiger partial charge in [-0.3, -0.25) is 4.79 Å². The number of nitrogens with zero attached hydrogens (tertiary/aromatic N) is 3. The van der Waals surface area contributed by atoms with E-state index in [1.54, 1.807) is 0 Å². The Kier molecular flexibility index (Phi) is 5.98. The zero-order chi connectivity index (χ0) is 20.2. The SMILES string of the molecule is CCCc1nc2ccccc2n1Cc1ccc(C(=O)N(C)C2CCCCC2)cc1. The molecule has 1 saturated carbocycles. The molecule has 4 nitrogen and oxygen atoms in total. The summed E-state index contributed by atoms with van der Waals surface area (Å²) >= 11 is 0. The van der Waals surface area contributed by atoms with Crippen molar-refractivity contribution in [3.05, 3.63) is 65.5 Å². The maximum absolute atomic E-state index is 12.9. The van der Waals surface area contributed by atoms with Gasteiger partial charge >= 0.3 is 0 Å². The van der Waals surface area contributed by atoms with E-state index in [1.165, 1.54) is 30.3 Å². The molecule has 1 fully saturated rings. The van der Waals surface area contributed by atoms with Crippen LogP contribution in [-0.4, -0.2) is 33.4 Å². The lowest BCUT2D eigenvalue weighted by molar-refractivity contribution is 0.0696. The van der Waals surface area contributed by atoms with E-state index in [9.17, 15) is 4.79 Å². The molecule has 0 spiro atoms. The fourth-order valence-electron chi connectivity index (χ4n) is 4.49. The lowest BCUT2D eigenvalue weighted by Gasteiger charge is -2.31. The quantitative estimate of drug-likeness (QED) is 0.563. The van der Waals surface area contributed by atoms with Crippen molar-refractivity contribution < 1.29 is 4.79 Å². The smallest absolute Gasteiger partial charge is 0.253 e.